The Bertz CT molecular complexity index is 1460. The molecular weight excluding hydrogens is 589 g/mol. The summed E-state index contributed by atoms with van der Waals surface area (Å²) < 4.78 is 19.1. The number of amides is 2. The largest absolute Gasteiger partial charge is 0.501 e. The van der Waals surface area contributed by atoms with E-state index < -0.39 is 71.2 Å². The van der Waals surface area contributed by atoms with Crippen molar-refractivity contribution in [3.8, 4) is 5.75 Å². The lowest BCUT2D eigenvalue weighted by Crippen LogP contribution is -2.48. The molecule has 0 unspecified atom stereocenters. The van der Waals surface area contributed by atoms with Crippen molar-refractivity contribution < 1.29 is 49.0 Å². The molecule has 0 fully saturated rings. The van der Waals surface area contributed by atoms with Crippen LogP contribution in [0, 0.1) is 12.7 Å². The molecule has 18 heteroatoms. The molecule has 2 aromatic heterocycles. The molecular formula is C26H36FN7O10. The smallest absolute Gasteiger partial charge is 0.309 e. The van der Waals surface area contributed by atoms with Gasteiger partial charge in [-0.3, -0.25) is 19.0 Å². The van der Waals surface area contributed by atoms with Crippen LogP contribution in [0.3, 0.4) is 0 Å². The molecule has 0 aliphatic carbocycles. The number of nitrogens with two attached hydrogens (primary N) is 1. The Balaban J connectivity index is 0.000000477. The maximum Gasteiger partial charge on any atom is 0.309 e. The molecule has 0 aliphatic heterocycles. The molecule has 0 aliphatic rings. The van der Waals surface area contributed by atoms with Crippen molar-refractivity contribution in [3.05, 3.63) is 69.3 Å². The van der Waals surface area contributed by atoms with Crippen LogP contribution in [-0.2, 0) is 19.1 Å². The molecule has 0 saturated heterocycles. The van der Waals surface area contributed by atoms with E-state index in [1.807, 2.05) is 0 Å². The first-order chi connectivity index (χ1) is 20.5. The van der Waals surface area contributed by atoms with Crippen LogP contribution in [0.5, 0.6) is 5.75 Å². The summed E-state index contributed by atoms with van der Waals surface area (Å²) in [4.78, 5) is 41.7. The Morgan fingerprint density at radius 1 is 1.07 bits per heavy atom. The molecule has 242 valence electrons. The average Bonchev–Trinajstić information content (AvgIpc) is 3.44. The highest BCUT2D eigenvalue weighted by Gasteiger charge is 2.33. The van der Waals surface area contributed by atoms with Gasteiger partial charge >= 0.3 is 11.8 Å². The van der Waals surface area contributed by atoms with Crippen LogP contribution in [0.15, 0.2) is 33.5 Å². The van der Waals surface area contributed by atoms with Gasteiger partial charge < -0.3 is 51.4 Å². The van der Waals surface area contributed by atoms with Crippen molar-refractivity contribution >= 4 is 11.8 Å². The van der Waals surface area contributed by atoms with E-state index in [-0.39, 0.29) is 30.7 Å². The average molecular weight is 626 g/mol. The number of hydrogen-bond donors (Lipinski definition) is 9. The van der Waals surface area contributed by atoms with Crippen LogP contribution in [0.25, 0.3) is 0 Å². The summed E-state index contributed by atoms with van der Waals surface area (Å²) in [7, 11) is 1.34. The number of aromatic nitrogens is 4. The number of aromatic hydroxyl groups is 1. The van der Waals surface area contributed by atoms with Gasteiger partial charge in [0.2, 0.25) is 11.6 Å². The Kier molecular flexibility index (Phi) is 12.6. The fraction of sp³-hybridized carbons (Fsp3) is 0.462. The van der Waals surface area contributed by atoms with Crippen molar-refractivity contribution in [1.82, 2.24) is 30.4 Å². The highest BCUT2D eigenvalue weighted by Crippen LogP contribution is 2.20. The van der Waals surface area contributed by atoms with E-state index in [1.165, 1.54) is 38.2 Å². The Labute approximate surface area is 249 Å². The SMILES string of the molecule is Cc1nnc(C(=O)NC(C)(C)c2nc(C(=O)NCc3ccc(F)cc3)c(O)c(=O)n2C)o1.NC[C@H](O)[C@@H](O)[C@H](O)[C@H](O)CO. The number of carbonyl (C=O) groups excluding carboxylic acids is 2. The van der Waals surface area contributed by atoms with Gasteiger partial charge in [0.1, 0.15) is 30.0 Å². The number of rotatable bonds is 11. The Hall–Kier alpha value is -4.33. The number of aryl methyl sites for hydroxylation is 1. The first-order valence-corrected chi connectivity index (χ1v) is 13.0. The second-order valence-corrected chi connectivity index (χ2v) is 10.0. The van der Waals surface area contributed by atoms with Crippen LogP contribution in [0.4, 0.5) is 4.39 Å². The zero-order valence-corrected chi connectivity index (χ0v) is 24.3. The highest BCUT2D eigenvalue weighted by molar-refractivity contribution is 5.94. The number of benzene rings is 1. The summed E-state index contributed by atoms with van der Waals surface area (Å²) in [5.74, 6) is -2.88. The molecule has 4 atom stereocenters. The van der Waals surface area contributed by atoms with Crippen molar-refractivity contribution in [3.63, 3.8) is 0 Å². The highest BCUT2D eigenvalue weighted by atomic mass is 19.1. The minimum Gasteiger partial charge on any atom is -0.501 e. The third kappa shape index (κ3) is 9.09. The van der Waals surface area contributed by atoms with Crippen LogP contribution in [-0.4, -0.2) is 99.8 Å². The summed E-state index contributed by atoms with van der Waals surface area (Å²) in [5.41, 5.74) is 2.93. The molecule has 17 nitrogen and oxygen atoms in total. The Morgan fingerprint density at radius 3 is 2.18 bits per heavy atom. The quantitative estimate of drug-likeness (QED) is 0.105. The topological polar surface area (TPSA) is 279 Å². The summed E-state index contributed by atoms with van der Waals surface area (Å²) in [6.45, 7) is 3.73. The maximum atomic E-state index is 13.0. The first kappa shape index (κ1) is 35.9. The lowest BCUT2D eigenvalue weighted by Gasteiger charge is -2.27. The van der Waals surface area contributed by atoms with Gasteiger partial charge in [0.25, 0.3) is 11.5 Å². The molecule has 0 bridgehead atoms. The zero-order valence-electron chi connectivity index (χ0n) is 24.3. The van der Waals surface area contributed by atoms with E-state index in [0.717, 1.165) is 4.57 Å². The van der Waals surface area contributed by atoms with Gasteiger partial charge in [0.05, 0.1) is 18.2 Å². The normalized spacial score (nSPS) is 14.1. The molecule has 0 spiro atoms. The number of nitrogens with zero attached hydrogens (tertiary/aromatic N) is 4. The third-order valence-corrected chi connectivity index (χ3v) is 6.12. The second kappa shape index (κ2) is 15.4. The van der Waals surface area contributed by atoms with E-state index in [0.29, 0.717) is 5.56 Å². The lowest BCUT2D eigenvalue weighted by molar-refractivity contribution is -0.112. The molecule has 3 rings (SSSR count). The fourth-order valence-corrected chi connectivity index (χ4v) is 3.66. The molecule has 10 N–H and O–H groups in total. The lowest BCUT2D eigenvalue weighted by atomic mass is 10.0. The van der Waals surface area contributed by atoms with Crippen molar-refractivity contribution in [2.45, 2.75) is 57.3 Å². The number of aliphatic hydroxyl groups is 5. The predicted octanol–water partition coefficient (Wildman–Crippen LogP) is -2.71. The summed E-state index contributed by atoms with van der Waals surface area (Å²) in [5, 5.41) is 66.7. The molecule has 1 aromatic carbocycles. The predicted molar refractivity (Wildman–Crippen MR) is 148 cm³/mol. The van der Waals surface area contributed by atoms with Crippen LogP contribution < -0.4 is 21.9 Å². The minimum atomic E-state index is -1.59. The van der Waals surface area contributed by atoms with E-state index in [9.17, 15) is 23.9 Å². The van der Waals surface area contributed by atoms with Crippen LogP contribution >= 0.6 is 0 Å². The van der Waals surface area contributed by atoms with Gasteiger partial charge in [0, 0.05) is 27.1 Å². The molecule has 3 aromatic rings. The van der Waals surface area contributed by atoms with Crippen LogP contribution in [0.1, 0.15) is 52.3 Å². The number of aliphatic hydroxyl groups excluding tert-OH is 5. The molecule has 0 radical (unpaired) electrons. The van der Waals surface area contributed by atoms with Crippen molar-refractivity contribution in [2.75, 3.05) is 13.2 Å². The van der Waals surface area contributed by atoms with Crippen molar-refractivity contribution in [1.29, 1.82) is 0 Å². The fourth-order valence-electron chi connectivity index (χ4n) is 3.66. The second-order valence-electron chi connectivity index (χ2n) is 10.0. The van der Waals surface area contributed by atoms with Crippen molar-refractivity contribution in [2.24, 2.45) is 12.8 Å². The maximum absolute atomic E-state index is 13.0. The number of nitrogens with one attached hydrogen (secondary N) is 2. The van der Waals surface area contributed by atoms with Gasteiger partial charge in [-0.2, -0.15) is 0 Å². The Morgan fingerprint density at radius 2 is 1.66 bits per heavy atom. The van der Waals surface area contributed by atoms with E-state index in [4.69, 9.17) is 35.7 Å². The summed E-state index contributed by atoms with van der Waals surface area (Å²) >= 11 is 0. The molecule has 0 saturated carbocycles. The standard InChI is InChI=1S/C20H21FN6O5.C6H15NO5/c1-10-25-26-17(32-10)16(30)24-20(2,3)19-23-13(14(28)18(31)27(19)4)15(29)22-9-11-5-7-12(21)8-6-11;7-1-3(9)5(11)6(12)4(10)2-8/h5-8,28H,9H2,1-4H3,(H,22,29)(H,24,30);3-6,8-12H,1-2,7H2/t;3-,4+,5+,6+/m.0/s1. The zero-order chi connectivity index (χ0) is 33.4. The van der Waals surface area contributed by atoms with Gasteiger partial charge in [-0.1, -0.05) is 12.1 Å². The molecule has 44 heavy (non-hydrogen) atoms. The first-order valence-electron chi connectivity index (χ1n) is 13.0. The number of halogens is 1. The summed E-state index contributed by atoms with van der Waals surface area (Å²) in [6.07, 6.45) is -5.91. The van der Waals surface area contributed by atoms with Gasteiger partial charge in [-0.25, -0.2) is 9.37 Å². The monoisotopic (exact) mass is 625 g/mol. The number of carbonyl (C=O) groups is 2. The number of hydrogen-bond acceptors (Lipinski definition) is 14. The van der Waals surface area contributed by atoms with Gasteiger partial charge in [-0.05, 0) is 31.5 Å². The van der Waals surface area contributed by atoms with Gasteiger partial charge in [-0.15, -0.1) is 10.2 Å². The van der Waals surface area contributed by atoms with E-state index in [2.05, 4.69) is 25.8 Å². The minimum absolute atomic E-state index is 0.00294. The van der Waals surface area contributed by atoms with Gasteiger partial charge in [0.15, 0.2) is 5.69 Å². The van der Waals surface area contributed by atoms with Crippen LogP contribution in [0.2, 0.25) is 0 Å². The molecule has 2 heterocycles. The third-order valence-electron chi connectivity index (χ3n) is 6.12. The van der Waals surface area contributed by atoms with E-state index in [1.54, 1.807) is 13.8 Å². The molecule has 2 amide bonds. The van der Waals surface area contributed by atoms with E-state index >= 15 is 0 Å². The summed E-state index contributed by atoms with van der Waals surface area (Å²) in [6, 6.07) is 5.44.